The summed E-state index contributed by atoms with van der Waals surface area (Å²) >= 11 is 11.8. The molecule has 30 heavy (non-hydrogen) atoms. The number of aryl methyl sites for hydroxylation is 2. The van der Waals surface area contributed by atoms with Gasteiger partial charge in [0.15, 0.2) is 0 Å². The first-order valence-electron chi connectivity index (χ1n) is 8.73. The van der Waals surface area contributed by atoms with E-state index in [1.165, 1.54) is 30.3 Å². The topological polar surface area (TPSA) is 75.3 Å². The van der Waals surface area contributed by atoms with Crippen LogP contribution in [0.15, 0.2) is 59.5 Å². The number of nitrogens with one attached hydrogen (secondary N) is 2. The number of hydrogen-bond donors (Lipinski definition) is 2. The van der Waals surface area contributed by atoms with Crippen LogP contribution in [0.1, 0.15) is 21.5 Å². The smallest absolute Gasteiger partial charge is 0.263 e. The van der Waals surface area contributed by atoms with E-state index in [4.69, 9.17) is 23.2 Å². The van der Waals surface area contributed by atoms with E-state index in [0.717, 1.165) is 17.2 Å². The molecule has 0 aromatic heterocycles. The van der Waals surface area contributed by atoms with Crippen LogP contribution in [-0.2, 0) is 10.0 Å². The summed E-state index contributed by atoms with van der Waals surface area (Å²) in [6.45, 7) is 3.79. The van der Waals surface area contributed by atoms with E-state index in [-0.39, 0.29) is 26.2 Å². The molecule has 0 radical (unpaired) electrons. The third-order valence-electron chi connectivity index (χ3n) is 4.42. The zero-order chi connectivity index (χ0) is 22.1. The lowest BCUT2D eigenvalue weighted by atomic mass is 10.1. The van der Waals surface area contributed by atoms with Gasteiger partial charge in [0.1, 0.15) is 10.7 Å². The van der Waals surface area contributed by atoms with E-state index < -0.39 is 21.7 Å². The van der Waals surface area contributed by atoms with Crippen molar-refractivity contribution in [3.8, 4) is 0 Å². The van der Waals surface area contributed by atoms with Crippen molar-refractivity contribution in [2.45, 2.75) is 18.7 Å². The van der Waals surface area contributed by atoms with Crippen molar-refractivity contribution in [1.29, 1.82) is 0 Å². The van der Waals surface area contributed by atoms with Crippen molar-refractivity contribution in [2.24, 2.45) is 0 Å². The molecule has 9 heteroatoms. The minimum absolute atomic E-state index is 0.0345. The van der Waals surface area contributed by atoms with E-state index >= 15 is 0 Å². The fourth-order valence-electron chi connectivity index (χ4n) is 2.64. The Kier molecular flexibility index (Phi) is 6.36. The summed E-state index contributed by atoms with van der Waals surface area (Å²) in [5.74, 6) is -1.22. The number of halogens is 3. The molecule has 5 nitrogen and oxygen atoms in total. The van der Waals surface area contributed by atoms with Gasteiger partial charge in [0.25, 0.3) is 15.9 Å². The summed E-state index contributed by atoms with van der Waals surface area (Å²) < 4.78 is 41.4. The first-order valence-corrected chi connectivity index (χ1v) is 11.0. The van der Waals surface area contributed by atoms with Crippen molar-refractivity contribution >= 4 is 50.5 Å². The van der Waals surface area contributed by atoms with Gasteiger partial charge in [-0.2, -0.15) is 0 Å². The molecule has 0 aliphatic rings. The number of carbonyl (C=O) groups is 1. The van der Waals surface area contributed by atoms with E-state index in [2.05, 4.69) is 10.0 Å². The van der Waals surface area contributed by atoms with Crippen molar-refractivity contribution in [2.75, 3.05) is 10.0 Å². The molecule has 0 aliphatic heterocycles. The van der Waals surface area contributed by atoms with Gasteiger partial charge in [-0.25, -0.2) is 12.8 Å². The molecule has 0 heterocycles. The number of anilines is 2. The zero-order valence-corrected chi connectivity index (χ0v) is 18.3. The second kappa shape index (κ2) is 8.63. The van der Waals surface area contributed by atoms with Crippen LogP contribution in [0.2, 0.25) is 10.0 Å². The largest absolute Gasteiger partial charge is 0.322 e. The van der Waals surface area contributed by atoms with Gasteiger partial charge >= 0.3 is 0 Å². The molecule has 0 saturated heterocycles. The Balaban J connectivity index is 1.88. The molecule has 0 bridgehead atoms. The predicted octanol–water partition coefficient (Wildman–Crippen LogP) is 5.80. The van der Waals surface area contributed by atoms with Crippen LogP contribution in [0.25, 0.3) is 0 Å². The molecule has 0 atom stereocenters. The number of sulfonamides is 1. The maximum atomic E-state index is 13.3. The highest BCUT2D eigenvalue weighted by molar-refractivity contribution is 7.92. The molecule has 0 aliphatic carbocycles. The monoisotopic (exact) mass is 466 g/mol. The summed E-state index contributed by atoms with van der Waals surface area (Å²) in [6, 6.07) is 12.7. The molecule has 0 spiro atoms. The molecule has 0 fully saturated rings. The fourth-order valence-corrected chi connectivity index (χ4v) is 4.40. The quantitative estimate of drug-likeness (QED) is 0.498. The van der Waals surface area contributed by atoms with E-state index in [1.54, 1.807) is 18.2 Å². The lowest BCUT2D eigenvalue weighted by molar-refractivity contribution is 0.102. The van der Waals surface area contributed by atoms with Gasteiger partial charge in [0.05, 0.1) is 10.0 Å². The standard InChI is InChI=1S/C21H17Cl2FN2O3S/c1-12-3-5-16(9-13(12)2)26-30(28,29)20-10-14(4-7-17(20)22)21(27)25-15-6-8-19(24)18(23)11-15/h3-11,26H,1-2H3,(H,25,27). The lowest BCUT2D eigenvalue weighted by Gasteiger charge is -2.12. The molecule has 0 saturated carbocycles. The molecule has 0 unspecified atom stereocenters. The summed E-state index contributed by atoms with van der Waals surface area (Å²) in [5, 5.41) is 2.36. The third-order valence-corrected chi connectivity index (χ3v) is 6.57. The fraction of sp³-hybridized carbons (Fsp3) is 0.0952. The predicted molar refractivity (Wildman–Crippen MR) is 118 cm³/mol. The second-order valence-electron chi connectivity index (χ2n) is 6.63. The van der Waals surface area contributed by atoms with Gasteiger partial charge in [-0.3, -0.25) is 9.52 Å². The molecular weight excluding hydrogens is 450 g/mol. The highest BCUT2D eigenvalue weighted by Crippen LogP contribution is 2.27. The van der Waals surface area contributed by atoms with Gasteiger partial charge in [0.2, 0.25) is 0 Å². The van der Waals surface area contributed by atoms with Crippen LogP contribution >= 0.6 is 23.2 Å². The first-order chi connectivity index (χ1) is 14.1. The minimum Gasteiger partial charge on any atom is -0.322 e. The van der Waals surface area contributed by atoms with Gasteiger partial charge in [-0.05, 0) is 73.5 Å². The van der Waals surface area contributed by atoms with Gasteiger partial charge in [0, 0.05) is 16.9 Å². The average Bonchev–Trinajstić information content (AvgIpc) is 2.67. The highest BCUT2D eigenvalue weighted by atomic mass is 35.5. The second-order valence-corrected chi connectivity index (χ2v) is 9.10. The molecular formula is C21H17Cl2FN2O3S. The van der Waals surface area contributed by atoms with Crippen LogP contribution < -0.4 is 10.0 Å². The van der Waals surface area contributed by atoms with Crippen LogP contribution in [-0.4, -0.2) is 14.3 Å². The lowest BCUT2D eigenvalue weighted by Crippen LogP contribution is -2.16. The van der Waals surface area contributed by atoms with Crippen LogP contribution in [0.4, 0.5) is 15.8 Å². The number of amides is 1. The Morgan fingerprint density at radius 2 is 1.57 bits per heavy atom. The normalized spacial score (nSPS) is 11.2. The summed E-state index contributed by atoms with van der Waals surface area (Å²) in [6.07, 6.45) is 0. The Labute approximate surface area is 183 Å². The number of hydrogen-bond acceptors (Lipinski definition) is 3. The number of rotatable bonds is 5. The van der Waals surface area contributed by atoms with Crippen molar-refractivity contribution in [1.82, 2.24) is 0 Å². The zero-order valence-electron chi connectivity index (χ0n) is 16.0. The van der Waals surface area contributed by atoms with E-state index in [1.807, 2.05) is 13.8 Å². The number of carbonyl (C=O) groups excluding carboxylic acids is 1. The van der Waals surface area contributed by atoms with Crippen LogP contribution in [0.3, 0.4) is 0 Å². The average molecular weight is 467 g/mol. The SMILES string of the molecule is Cc1ccc(NS(=O)(=O)c2cc(C(=O)Nc3ccc(F)c(Cl)c3)ccc2Cl)cc1C. The van der Waals surface area contributed by atoms with Gasteiger partial charge < -0.3 is 5.32 Å². The Hall–Kier alpha value is -2.61. The van der Waals surface area contributed by atoms with Crippen molar-refractivity contribution in [3.05, 3.63) is 87.2 Å². The molecule has 2 N–H and O–H groups in total. The van der Waals surface area contributed by atoms with E-state index in [0.29, 0.717) is 5.69 Å². The Morgan fingerprint density at radius 3 is 2.23 bits per heavy atom. The first kappa shape index (κ1) is 22.1. The van der Waals surface area contributed by atoms with Crippen LogP contribution in [0, 0.1) is 19.7 Å². The van der Waals surface area contributed by atoms with Gasteiger partial charge in [-0.15, -0.1) is 0 Å². The molecule has 3 aromatic rings. The molecule has 3 aromatic carbocycles. The molecule has 156 valence electrons. The summed E-state index contributed by atoms with van der Waals surface area (Å²) in [5.41, 5.74) is 2.65. The Morgan fingerprint density at radius 1 is 0.867 bits per heavy atom. The summed E-state index contributed by atoms with van der Waals surface area (Å²) in [7, 11) is -4.05. The maximum absolute atomic E-state index is 13.3. The van der Waals surface area contributed by atoms with Crippen LogP contribution in [0.5, 0.6) is 0 Å². The Bertz CT molecular complexity index is 1250. The van der Waals surface area contributed by atoms with Crippen molar-refractivity contribution in [3.63, 3.8) is 0 Å². The highest BCUT2D eigenvalue weighted by Gasteiger charge is 2.21. The molecule has 3 rings (SSSR count). The number of benzene rings is 3. The van der Waals surface area contributed by atoms with Gasteiger partial charge in [-0.1, -0.05) is 29.3 Å². The third kappa shape index (κ3) is 4.92. The maximum Gasteiger partial charge on any atom is 0.263 e. The summed E-state index contributed by atoms with van der Waals surface area (Å²) in [4.78, 5) is 12.3. The molecule has 1 amide bonds. The minimum atomic E-state index is -4.05. The van der Waals surface area contributed by atoms with Crippen molar-refractivity contribution < 1.29 is 17.6 Å². The van der Waals surface area contributed by atoms with E-state index in [9.17, 15) is 17.6 Å².